The van der Waals surface area contributed by atoms with Gasteiger partial charge in [0, 0.05) is 48.7 Å². The van der Waals surface area contributed by atoms with Gasteiger partial charge < -0.3 is 30.3 Å². The van der Waals surface area contributed by atoms with Crippen molar-refractivity contribution in [3.05, 3.63) is 53.6 Å². The fraction of sp³-hybridized carbons (Fsp3) is 0.318. The molecular formula is C22H24ClN4O5+. The molecule has 10 heteroatoms. The molecule has 2 aliphatic heterocycles. The van der Waals surface area contributed by atoms with Gasteiger partial charge in [-0.2, -0.15) is 0 Å². The fourth-order valence-corrected chi connectivity index (χ4v) is 3.90. The van der Waals surface area contributed by atoms with Crippen molar-refractivity contribution in [1.82, 2.24) is 4.90 Å². The normalized spacial score (nSPS) is 20.9. The molecule has 0 spiro atoms. The molecule has 2 aromatic rings. The van der Waals surface area contributed by atoms with Gasteiger partial charge in [-0.3, -0.25) is 9.59 Å². The van der Waals surface area contributed by atoms with Crippen LogP contribution in [-0.2, 0) is 14.3 Å². The number of carbonyl (C=O) groups excluding carboxylic acids is 3. The van der Waals surface area contributed by atoms with Crippen LogP contribution in [0.2, 0.25) is 5.02 Å². The quantitative estimate of drug-likeness (QED) is 0.639. The highest BCUT2D eigenvalue weighted by molar-refractivity contribution is 6.00. The zero-order valence-corrected chi connectivity index (χ0v) is 18.0. The number of nitrogens with zero attached hydrogens (tertiary/aromatic N) is 2. The van der Waals surface area contributed by atoms with E-state index in [4.69, 9.17) is 16.3 Å². The summed E-state index contributed by atoms with van der Waals surface area (Å²) in [7, 11) is 0. The maximum Gasteiger partial charge on any atom is 0.322 e. The van der Waals surface area contributed by atoms with Crippen molar-refractivity contribution in [3.8, 4) is 0 Å². The molecule has 0 bridgehead atoms. The number of β-amino-alcohol motifs (C(OH)–C–C–N with tert-alkyl or cyclic N) is 1. The lowest BCUT2D eigenvalue weighted by Crippen LogP contribution is -2.45. The Morgan fingerprint density at radius 3 is 2.38 bits per heavy atom. The van der Waals surface area contributed by atoms with Crippen molar-refractivity contribution in [2.75, 3.05) is 41.8 Å². The average Bonchev–Trinajstić information content (AvgIpc) is 3.18. The molecule has 2 fully saturated rings. The van der Waals surface area contributed by atoms with Gasteiger partial charge in [0.1, 0.15) is 12.6 Å². The lowest BCUT2D eigenvalue weighted by molar-refractivity contribution is -0.288. The van der Waals surface area contributed by atoms with Crippen LogP contribution in [0, 0.1) is 11.6 Å². The number of hydrogen-bond acceptors (Lipinski definition) is 5. The molecule has 0 unspecified atom stereocenters. The largest absolute Gasteiger partial charge is 0.391 e. The van der Waals surface area contributed by atoms with E-state index in [1.165, 1.54) is 4.90 Å². The predicted octanol–water partition coefficient (Wildman–Crippen LogP) is 1.35. The fourth-order valence-electron chi connectivity index (χ4n) is 3.76. The molecule has 9 nitrogen and oxygen atoms in total. The Bertz CT molecular complexity index is 998. The second-order valence-electron chi connectivity index (χ2n) is 7.65. The van der Waals surface area contributed by atoms with Crippen LogP contribution in [0.4, 0.5) is 21.9 Å². The Balaban J connectivity index is 1.40. The van der Waals surface area contributed by atoms with E-state index in [1.807, 2.05) is 0 Å². The number of benzene rings is 2. The van der Waals surface area contributed by atoms with Crippen molar-refractivity contribution in [3.63, 3.8) is 0 Å². The maximum absolute atomic E-state index is 12.9. The van der Waals surface area contributed by atoms with E-state index < -0.39 is 24.1 Å². The van der Waals surface area contributed by atoms with Gasteiger partial charge in [0.25, 0.3) is 5.91 Å². The Labute approximate surface area is 189 Å². The van der Waals surface area contributed by atoms with Crippen molar-refractivity contribution in [2.45, 2.75) is 18.6 Å². The molecule has 0 aliphatic carbocycles. The van der Waals surface area contributed by atoms with Gasteiger partial charge in [-0.05, 0) is 36.4 Å². The van der Waals surface area contributed by atoms with Crippen molar-refractivity contribution in [2.24, 2.45) is 0 Å². The summed E-state index contributed by atoms with van der Waals surface area (Å²) in [5.41, 5.74) is 1.80. The molecule has 3 N–H and O–H groups in total. The van der Waals surface area contributed by atoms with E-state index in [9.17, 15) is 19.5 Å². The number of amides is 4. The first kappa shape index (κ1) is 22.1. The predicted molar refractivity (Wildman–Crippen MR) is 115 cm³/mol. The number of aliphatic hydroxyl groups excluding tert-OH is 1. The van der Waals surface area contributed by atoms with Crippen LogP contribution in [0.25, 0.3) is 0 Å². The molecule has 32 heavy (non-hydrogen) atoms. The van der Waals surface area contributed by atoms with E-state index >= 15 is 0 Å². The van der Waals surface area contributed by atoms with Crippen LogP contribution in [0.15, 0.2) is 48.5 Å². The smallest absolute Gasteiger partial charge is 0.322 e. The summed E-state index contributed by atoms with van der Waals surface area (Å²) in [5, 5.41) is 16.3. The first-order valence-corrected chi connectivity index (χ1v) is 10.6. The zero-order valence-electron chi connectivity index (χ0n) is 17.2. The molecule has 0 saturated carbocycles. The van der Waals surface area contributed by atoms with E-state index in [0.29, 0.717) is 29.5 Å². The highest BCUT2D eigenvalue weighted by Crippen LogP contribution is 2.23. The topological polar surface area (TPSA) is 111 Å². The highest BCUT2D eigenvalue weighted by atomic mass is 35.5. The summed E-state index contributed by atoms with van der Waals surface area (Å²) in [5.74, 6) is -0.509. The number of ether oxygens (including phenoxy) is 1. The van der Waals surface area contributed by atoms with Crippen LogP contribution >= 0.6 is 0 Å². The Morgan fingerprint density at radius 2 is 1.69 bits per heavy atom. The summed E-state index contributed by atoms with van der Waals surface area (Å²) in [6.45, 7) is 1.06. The minimum Gasteiger partial charge on any atom is -0.391 e. The molecule has 4 rings (SSSR count). The molecule has 2 aliphatic rings. The minimum absolute atomic E-state index is 0.0534. The van der Waals surface area contributed by atoms with Crippen LogP contribution in [0.5, 0.6) is 0 Å². The minimum atomic E-state index is -0.816. The second-order valence-corrected chi connectivity index (χ2v) is 8.12. The Hall–Kier alpha value is -3.14. The number of aliphatic hydroxyl groups is 1. The summed E-state index contributed by atoms with van der Waals surface area (Å²) in [6, 6.07) is 12.4. The number of halogens is 1. The second kappa shape index (κ2) is 9.56. The number of anilines is 3. The molecule has 2 saturated heterocycles. The summed E-state index contributed by atoms with van der Waals surface area (Å²) < 4.78 is 5.14. The summed E-state index contributed by atoms with van der Waals surface area (Å²) in [6.07, 6.45) is -0.647. The van der Waals surface area contributed by atoms with E-state index in [0.717, 1.165) is 5.69 Å². The lowest BCUT2D eigenvalue weighted by atomic mass is 10.1. The van der Waals surface area contributed by atoms with Gasteiger partial charge in [0.2, 0.25) is 10.9 Å². The third-order valence-electron chi connectivity index (χ3n) is 5.38. The molecule has 0 aromatic heterocycles. The van der Waals surface area contributed by atoms with Gasteiger partial charge >= 0.3 is 6.03 Å². The van der Waals surface area contributed by atoms with Gasteiger partial charge in [0.05, 0.1) is 12.7 Å². The number of rotatable bonds is 4. The maximum atomic E-state index is 12.9. The Morgan fingerprint density at radius 1 is 1.03 bits per heavy atom. The molecule has 2 aromatic carbocycles. The number of nitrogens with one attached hydrogen (secondary N) is 2. The van der Waals surface area contributed by atoms with Crippen molar-refractivity contribution < 1.29 is 35.8 Å². The lowest BCUT2D eigenvalue weighted by Gasteiger charge is -2.27. The van der Waals surface area contributed by atoms with E-state index in [2.05, 4.69) is 10.6 Å². The molecule has 2 atom stereocenters. The number of likely N-dealkylation sites (tertiary alicyclic amines) is 1. The van der Waals surface area contributed by atoms with Crippen LogP contribution in [-0.4, -0.2) is 66.3 Å². The molecular weight excluding hydrogens is 436 g/mol. The van der Waals surface area contributed by atoms with E-state index in [1.54, 1.807) is 53.4 Å². The average molecular weight is 460 g/mol. The SMILES string of the molecule is O=C(Nc1ccc(N2CCOCC2=O)cc1)[C@@H]1C[C@H](O)CN1C(=O)Nc1ccc([ClH+])cc1. The number of morpholine rings is 1. The third-order valence-corrected chi connectivity index (χ3v) is 5.65. The number of hydrogen-bond donors (Lipinski definition) is 3. The zero-order chi connectivity index (χ0) is 22.7. The van der Waals surface area contributed by atoms with Crippen LogP contribution < -0.4 is 15.5 Å². The monoisotopic (exact) mass is 459 g/mol. The number of carbonyl (C=O) groups is 3. The van der Waals surface area contributed by atoms with Crippen molar-refractivity contribution in [1.29, 1.82) is 0 Å². The first-order valence-electron chi connectivity index (χ1n) is 10.2. The van der Waals surface area contributed by atoms with Gasteiger partial charge in [-0.15, -0.1) is 0 Å². The standard InChI is InChI=1S/C22H23ClN4O5/c23-14-1-3-16(4-2-14)25-22(31)27-12-18(28)11-19(27)21(30)24-15-5-7-17(8-6-15)26-9-10-32-13-20(26)29/h1-8,18-19,23,28H,9-13H2,(H-,24,25,30,31)/p+1/t18-,19-/m0/s1. The molecule has 168 valence electrons. The summed E-state index contributed by atoms with van der Waals surface area (Å²) in [4.78, 5) is 40.5. The highest BCUT2D eigenvalue weighted by Gasteiger charge is 2.39. The van der Waals surface area contributed by atoms with Gasteiger partial charge in [-0.25, -0.2) is 4.79 Å². The molecule has 4 amide bonds. The van der Waals surface area contributed by atoms with Gasteiger partial charge in [0.15, 0.2) is 11.6 Å². The molecule has 0 radical (unpaired) electrons. The molecule has 2 heterocycles. The van der Waals surface area contributed by atoms with E-state index in [-0.39, 0.29) is 25.5 Å². The first-order chi connectivity index (χ1) is 15.4. The van der Waals surface area contributed by atoms with Crippen molar-refractivity contribution >= 4 is 34.9 Å². The van der Waals surface area contributed by atoms with Gasteiger partial charge in [-0.1, -0.05) is 0 Å². The summed E-state index contributed by atoms with van der Waals surface area (Å²) >= 11 is 5.04. The van der Waals surface area contributed by atoms with Crippen LogP contribution in [0.3, 0.4) is 0 Å². The van der Waals surface area contributed by atoms with Crippen LogP contribution in [0.1, 0.15) is 6.42 Å². The number of urea groups is 1. The Kier molecular flexibility index (Phi) is 6.59. The third kappa shape index (κ3) is 5.01.